The predicted molar refractivity (Wildman–Crippen MR) is 108 cm³/mol. The predicted octanol–water partition coefficient (Wildman–Crippen LogP) is 5.00. The molecule has 0 fully saturated rings. The van der Waals surface area contributed by atoms with Gasteiger partial charge in [0.25, 0.3) is 0 Å². The molecule has 0 aromatic heterocycles. The summed E-state index contributed by atoms with van der Waals surface area (Å²) in [5.74, 6) is -0.239. The molecular weight excluding hydrogens is 358 g/mol. The summed E-state index contributed by atoms with van der Waals surface area (Å²) < 4.78 is 12.9. The van der Waals surface area contributed by atoms with E-state index in [4.69, 9.17) is 5.73 Å². The number of nitrogens with two attached hydrogens (primary N) is 1. The second-order valence-corrected chi connectivity index (χ2v) is 5.73. The van der Waals surface area contributed by atoms with Crippen LogP contribution in [0.2, 0.25) is 0 Å². The molecule has 3 N–H and O–H groups in total. The Balaban J connectivity index is 0.00000156. The summed E-state index contributed by atoms with van der Waals surface area (Å²) in [5.41, 5.74) is 8.34. The fourth-order valence-electron chi connectivity index (χ4n) is 2.83. The molecule has 2 nitrogen and oxygen atoms in total. The van der Waals surface area contributed by atoms with Crippen LogP contribution in [-0.4, -0.2) is 6.54 Å². The minimum absolute atomic E-state index is 0. The largest absolute Gasteiger partial charge is 0.312 e. The van der Waals surface area contributed by atoms with E-state index >= 15 is 0 Å². The van der Waals surface area contributed by atoms with Crippen molar-refractivity contribution in [2.45, 2.75) is 19.0 Å². The molecule has 0 amide bonds. The summed E-state index contributed by atoms with van der Waals surface area (Å²) in [6.07, 6.45) is 1.75. The minimum Gasteiger partial charge on any atom is -0.312 e. The third-order valence-corrected chi connectivity index (χ3v) is 4.10. The molecule has 1 atom stereocenters. The number of rotatable bonds is 6. The third-order valence-electron chi connectivity index (χ3n) is 4.10. The van der Waals surface area contributed by atoms with Gasteiger partial charge in [0.1, 0.15) is 5.82 Å². The number of nitrogens with one attached hydrogen (secondary N) is 1. The van der Waals surface area contributed by atoms with Gasteiger partial charge < -0.3 is 5.73 Å². The highest BCUT2D eigenvalue weighted by Crippen LogP contribution is 2.19. The molecule has 134 valence electrons. The van der Waals surface area contributed by atoms with Gasteiger partial charge in [0.2, 0.25) is 0 Å². The molecule has 3 rings (SSSR count). The molecule has 3 aromatic rings. The molecule has 5 heteroatoms. The van der Waals surface area contributed by atoms with Crippen LogP contribution in [0.5, 0.6) is 0 Å². The molecule has 0 bridgehead atoms. The minimum atomic E-state index is -0.261. The van der Waals surface area contributed by atoms with E-state index in [0.29, 0.717) is 0 Å². The van der Waals surface area contributed by atoms with Gasteiger partial charge in [0.05, 0.1) is 6.17 Å². The lowest BCUT2D eigenvalue weighted by atomic mass is 10.0. The van der Waals surface area contributed by atoms with E-state index in [0.717, 1.165) is 24.9 Å². The molecular formula is C20H23Cl2FN2. The maximum Gasteiger partial charge on any atom is 0.123 e. The van der Waals surface area contributed by atoms with Gasteiger partial charge in [-0.15, -0.1) is 24.8 Å². The summed E-state index contributed by atoms with van der Waals surface area (Å²) >= 11 is 0. The molecule has 0 aliphatic heterocycles. The molecule has 0 aliphatic rings. The summed E-state index contributed by atoms with van der Waals surface area (Å²) in [5, 5.41) is 5.89. The summed E-state index contributed by atoms with van der Waals surface area (Å²) in [6, 6.07) is 21.2. The first-order chi connectivity index (χ1) is 11.2. The van der Waals surface area contributed by atoms with Crippen molar-refractivity contribution in [1.29, 1.82) is 0 Å². The first-order valence-electron chi connectivity index (χ1n) is 7.95. The average Bonchev–Trinajstić information content (AvgIpc) is 2.59. The normalized spacial score (nSPS) is 11.4. The van der Waals surface area contributed by atoms with Crippen molar-refractivity contribution in [3.8, 4) is 0 Å². The maximum atomic E-state index is 12.9. The van der Waals surface area contributed by atoms with Crippen molar-refractivity contribution < 1.29 is 4.39 Å². The van der Waals surface area contributed by atoms with Crippen LogP contribution < -0.4 is 11.1 Å². The highest BCUT2D eigenvalue weighted by Gasteiger charge is 2.05. The van der Waals surface area contributed by atoms with Gasteiger partial charge >= 0.3 is 0 Å². The molecule has 0 heterocycles. The number of hydrogen-bond acceptors (Lipinski definition) is 2. The van der Waals surface area contributed by atoms with Crippen LogP contribution in [0.1, 0.15) is 23.7 Å². The van der Waals surface area contributed by atoms with E-state index in [9.17, 15) is 4.39 Å². The Morgan fingerprint density at radius 1 is 0.880 bits per heavy atom. The van der Waals surface area contributed by atoms with E-state index in [1.54, 1.807) is 12.1 Å². The van der Waals surface area contributed by atoms with Crippen LogP contribution >= 0.6 is 24.8 Å². The van der Waals surface area contributed by atoms with Gasteiger partial charge in [-0.25, -0.2) is 4.39 Å². The lowest BCUT2D eigenvalue weighted by molar-refractivity contribution is 0.537. The molecule has 0 saturated carbocycles. The van der Waals surface area contributed by atoms with Gasteiger partial charge in [-0.05, 0) is 53.4 Å². The zero-order valence-electron chi connectivity index (χ0n) is 13.8. The molecule has 0 aliphatic carbocycles. The lowest BCUT2D eigenvalue weighted by Gasteiger charge is -2.14. The highest BCUT2D eigenvalue weighted by atomic mass is 35.5. The van der Waals surface area contributed by atoms with Crippen molar-refractivity contribution in [2.24, 2.45) is 5.73 Å². The van der Waals surface area contributed by atoms with Gasteiger partial charge in [-0.1, -0.05) is 54.6 Å². The number of hydrogen-bond donors (Lipinski definition) is 2. The van der Waals surface area contributed by atoms with Crippen molar-refractivity contribution in [3.63, 3.8) is 0 Å². The zero-order chi connectivity index (χ0) is 16.1. The Labute approximate surface area is 160 Å². The molecule has 0 saturated heterocycles. The topological polar surface area (TPSA) is 38.0 Å². The van der Waals surface area contributed by atoms with Crippen molar-refractivity contribution in [1.82, 2.24) is 5.32 Å². The second kappa shape index (κ2) is 10.4. The van der Waals surface area contributed by atoms with E-state index in [1.165, 1.54) is 28.5 Å². The summed E-state index contributed by atoms with van der Waals surface area (Å²) in [7, 11) is 0. The number of halogens is 3. The van der Waals surface area contributed by atoms with Crippen LogP contribution in [-0.2, 0) is 6.42 Å². The Kier molecular flexibility index (Phi) is 8.87. The molecule has 0 radical (unpaired) electrons. The van der Waals surface area contributed by atoms with Crippen molar-refractivity contribution in [3.05, 3.63) is 83.7 Å². The highest BCUT2D eigenvalue weighted by molar-refractivity contribution is 5.86. The number of benzene rings is 3. The fourth-order valence-corrected chi connectivity index (χ4v) is 2.83. The number of aryl methyl sites for hydroxylation is 1. The van der Waals surface area contributed by atoms with Crippen LogP contribution in [0.15, 0.2) is 66.7 Å². The van der Waals surface area contributed by atoms with Crippen LogP contribution in [0.4, 0.5) is 4.39 Å². The Bertz CT molecular complexity index is 773. The lowest BCUT2D eigenvalue weighted by Crippen LogP contribution is -2.29. The monoisotopic (exact) mass is 380 g/mol. The van der Waals surface area contributed by atoms with Gasteiger partial charge in [-0.2, -0.15) is 0 Å². The molecule has 3 aromatic carbocycles. The Hall–Kier alpha value is -1.65. The van der Waals surface area contributed by atoms with Gasteiger partial charge in [0.15, 0.2) is 0 Å². The smallest absolute Gasteiger partial charge is 0.123 e. The van der Waals surface area contributed by atoms with Gasteiger partial charge in [0, 0.05) is 0 Å². The zero-order valence-corrected chi connectivity index (χ0v) is 15.5. The Morgan fingerprint density at radius 3 is 2.32 bits per heavy atom. The van der Waals surface area contributed by atoms with Crippen molar-refractivity contribution in [2.75, 3.05) is 6.54 Å². The molecule has 0 spiro atoms. The molecule has 25 heavy (non-hydrogen) atoms. The van der Waals surface area contributed by atoms with Crippen LogP contribution in [0, 0.1) is 5.82 Å². The van der Waals surface area contributed by atoms with Crippen LogP contribution in [0.3, 0.4) is 0 Å². The van der Waals surface area contributed by atoms with E-state index < -0.39 is 0 Å². The summed E-state index contributed by atoms with van der Waals surface area (Å²) in [6.45, 7) is 0.821. The number of fused-ring (bicyclic) bond motifs is 1. The van der Waals surface area contributed by atoms with E-state index in [1.807, 2.05) is 0 Å². The van der Waals surface area contributed by atoms with E-state index in [2.05, 4.69) is 47.8 Å². The standard InChI is InChI=1S/C20H21FN2.2ClH/c21-18-12-10-17(11-13-18)20(22)23-14-4-8-16-7-3-6-15-5-1-2-9-19(15)16;;/h1-3,5-7,9-13,20,23H,4,8,14,22H2;2*1H. The molecule has 1 unspecified atom stereocenters. The third kappa shape index (κ3) is 5.68. The Morgan fingerprint density at radius 2 is 1.56 bits per heavy atom. The second-order valence-electron chi connectivity index (χ2n) is 5.73. The summed E-state index contributed by atoms with van der Waals surface area (Å²) in [4.78, 5) is 0. The van der Waals surface area contributed by atoms with Crippen molar-refractivity contribution >= 4 is 35.6 Å². The average molecular weight is 381 g/mol. The quantitative estimate of drug-likeness (QED) is 0.466. The first-order valence-corrected chi connectivity index (χ1v) is 7.95. The van der Waals surface area contributed by atoms with E-state index in [-0.39, 0.29) is 36.8 Å². The SMILES string of the molecule is Cl.Cl.NC(NCCCc1cccc2ccccc12)c1ccc(F)cc1. The maximum absolute atomic E-state index is 12.9. The van der Waals surface area contributed by atoms with Crippen LogP contribution in [0.25, 0.3) is 10.8 Å². The van der Waals surface area contributed by atoms with Gasteiger partial charge in [-0.3, -0.25) is 5.32 Å². The fraction of sp³-hybridized carbons (Fsp3) is 0.200. The first kappa shape index (κ1) is 21.4.